The van der Waals surface area contributed by atoms with Gasteiger partial charge < -0.3 is 10.6 Å². The molecule has 6 heteroatoms. The minimum atomic E-state index is -4.40. The summed E-state index contributed by atoms with van der Waals surface area (Å²) in [6.07, 6.45) is -4.40. The standard InChI is InChI=1S/C18H20F3N3/c19-18(20,21)16-12-15(22)6-7-17(16)24-10-8-23(9-11-24)13-14-4-2-1-3-5-14/h1-7,12H,8-11,13,22H2. The minimum Gasteiger partial charge on any atom is -0.399 e. The van der Waals surface area contributed by atoms with Gasteiger partial charge in [0.2, 0.25) is 0 Å². The number of benzene rings is 2. The van der Waals surface area contributed by atoms with E-state index in [1.165, 1.54) is 17.7 Å². The number of hydrogen-bond acceptors (Lipinski definition) is 3. The van der Waals surface area contributed by atoms with Crippen LogP contribution in [0.2, 0.25) is 0 Å². The fourth-order valence-electron chi connectivity index (χ4n) is 3.04. The Morgan fingerprint density at radius 3 is 2.21 bits per heavy atom. The molecule has 2 aromatic rings. The number of hydrogen-bond donors (Lipinski definition) is 1. The third-order valence-electron chi connectivity index (χ3n) is 4.29. The molecule has 1 heterocycles. The summed E-state index contributed by atoms with van der Waals surface area (Å²) >= 11 is 0. The molecule has 0 saturated carbocycles. The van der Waals surface area contributed by atoms with Gasteiger partial charge in [-0.2, -0.15) is 13.2 Å². The Balaban J connectivity index is 1.69. The molecule has 0 aromatic heterocycles. The van der Waals surface area contributed by atoms with Crippen molar-refractivity contribution in [2.24, 2.45) is 0 Å². The number of rotatable bonds is 3. The highest BCUT2D eigenvalue weighted by Crippen LogP contribution is 2.38. The first-order valence-corrected chi connectivity index (χ1v) is 7.91. The predicted molar refractivity (Wildman–Crippen MR) is 89.8 cm³/mol. The van der Waals surface area contributed by atoms with Gasteiger partial charge in [0, 0.05) is 44.1 Å². The zero-order valence-corrected chi connectivity index (χ0v) is 13.3. The van der Waals surface area contributed by atoms with Gasteiger partial charge in [-0.05, 0) is 23.8 Å². The van der Waals surface area contributed by atoms with Crippen molar-refractivity contribution in [3.63, 3.8) is 0 Å². The minimum absolute atomic E-state index is 0.133. The number of halogens is 3. The van der Waals surface area contributed by atoms with E-state index in [0.717, 1.165) is 25.7 Å². The lowest BCUT2D eigenvalue weighted by Gasteiger charge is -2.37. The van der Waals surface area contributed by atoms with E-state index in [0.29, 0.717) is 13.1 Å². The second-order valence-corrected chi connectivity index (χ2v) is 6.02. The fraction of sp³-hybridized carbons (Fsp3) is 0.333. The predicted octanol–water partition coefficient (Wildman–Crippen LogP) is 3.61. The highest BCUT2D eigenvalue weighted by Gasteiger charge is 2.35. The Bertz CT molecular complexity index is 678. The summed E-state index contributed by atoms with van der Waals surface area (Å²) in [7, 11) is 0. The number of nitrogens with two attached hydrogens (primary N) is 1. The van der Waals surface area contributed by atoms with Gasteiger partial charge in [-0.15, -0.1) is 0 Å². The van der Waals surface area contributed by atoms with Crippen molar-refractivity contribution in [2.45, 2.75) is 12.7 Å². The van der Waals surface area contributed by atoms with Gasteiger partial charge in [0.05, 0.1) is 5.56 Å². The lowest BCUT2D eigenvalue weighted by atomic mass is 10.1. The maximum absolute atomic E-state index is 13.3. The van der Waals surface area contributed by atoms with Crippen molar-refractivity contribution in [1.82, 2.24) is 4.90 Å². The molecule has 2 N–H and O–H groups in total. The molecule has 3 nitrogen and oxygen atoms in total. The van der Waals surface area contributed by atoms with Crippen LogP contribution in [0.4, 0.5) is 24.5 Å². The molecule has 1 aliphatic heterocycles. The number of anilines is 2. The molecule has 0 unspecified atom stereocenters. The highest BCUT2D eigenvalue weighted by atomic mass is 19.4. The summed E-state index contributed by atoms with van der Waals surface area (Å²) in [6.45, 7) is 3.43. The van der Waals surface area contributed by atoms with Gasteiger partial charge in [0.15, 0.2) is 0 Å². The summed E-state index contributed by atoms with van der Waals surface area (Å²) in [6, 6.07) is 14.1. The zero-order valence-electron chi connectivity index (χ0n) is 13.3. The van der Waals surface area contributed by atoms with Crippen LogP contribution in [0.3, 0.4) is 0 Å². The number of piperazine rings is 1. The van der Waals surface area contributed by atoms with E-state index in [1.54, 1.807) is 4.90 Å². The Hall–Kier alpha value is -2.21. The van der Waals surface area contributed by atoms with Crippen molar-refractivity contribution in [1.29, 1.82) is 0 Å². The molecular formula is C18H20F3N3. The maximum atomic E-state index is 13.3. The van der Waals surface area contributed by atoms with E-state index in [2.05, 4.69) is 17.0 Å². The molecular weight excluding hydrogens is 315 g/mol. The molecule has 1 saturated heterocycles. The van der Waals surface area contributed by atoms with E-state index in [-0.39, 0.29) is 11.4 Å². The second-order valence-electron chi connectivity index (χ2n) is 6.02. The average Bonchev–Trinajstić information content (AvgIpc) is 2.56. The van der Waals surface area contributed by atoms with Crippen molar-refractivity contribution in [3.05, 3.63) is 59.7 Å². The van der Waals surface area contributed by atoms with Crippen LogP contribution in [-0.2, 0) is 12.7 Å². The van der Waals surface area contributed by atoms with Gasteiger partial charge >= 0.3 is 6.18 Å². The third-order valence-corrected chi connectivity index (χ3v) is 4.29. The largest absolute Gasteiger partial charge is 0.418 e. The van der Waals surface area contributed by atoms with E-state index >= 15 is 0 Å². The molecule has 0 radical (unpaired) electrons. The van der Waals surface area contributed by atoms with E-state index < -0.39 is 11.7 Å². The molecule has 3 rings (SSSR count). The Kier molecular flexibility index (Phi) is 4.66. The first-order valence-electron chi connectivity index (χ1n) is 7.91. The Labute approximate surface area is 139 Å². The lowest BCUT2D eigenvalue weighted by Crippen LogP contribution is -2.46. The summed E-state index contributed by atoms with van der Waals surface area (Å²) in [5, 5.41) is 0. The molecule has 1 fully saturated rings. The first-order chi connectivity index (χ1) is 11.4. The molecule has 1 aliphatic rings. The maximum Gasteiger partial charge on any atom is 0.418 e. The van der Waals surface area contributed by atoms with Crippen LogP contribution >= 0.6 is 0 Å². The third kappa shape index (κ3) is 3.82. The van der Waals surface area contributed by atoms with Gasteiger partial charge in [0.25, 0.3) is 0 Å². The van der Waals surface area contributed by atoms with Crippen molar-refractivity contribution in [2.75, 3.05) is 36.8 Å². The molecule has 0 atom stereocenters. The topological polar surface area (TPSA) is 32.5 Å². The molecule has 0 bridgehead atoms. The zero-order chi connectivity index (χ0) is 17.2. The normalized spacial score (nSPS) is 16.4. The average molecular weight is 335 g/mol. The molecule has 128 valence electrons. The summed E-state index contributed by atoms with van der Waals surface area (Å²) in [5.74, 6) is 0. The second kappa shape index (κ2) is 6.73. The van der Waals surface area contributed by atoms with Crippen LogP contribution in [0, 0.1) is 0 Å². The number of nitrogen functional groups attached to an aromatic ring is 1. The quantitative estimate of drug-likeness (QED) is 0.870. The van der Waals surface area contributed by atoms with E-state index in [9.17, 15) is 13.2 Å². The monoisotopic (exact) mass is 335 g/mol. The van der Waals surface area contributed by atoms with Crippen molar-refractivity contribution < 1.29 is 13.2 Å². The smallest absolute Gasteiger partial charge is 0.399 e. The molecule has 0 aliphatic carbocycles. The van der Waals surface area contributed by atoms with Crippen LogP contribution in [-0.4, -0.2) is 31.1 Å². The SMILES string of the molecule is Nc1ccc(N2CCN(Cc3ccccc3)CC2)c(C(F)(F)F)c1. The molecule has 24 heavy (non-hydrogen) atoms. The van der Waals surface area contributed by atoms with Gasteiger partial charge in [-0.3, -0.25) is 4.90 Å². The van der Waals surface area contributed by atoms with Gasteiger partial charge in [-0.25, -0.2) is 0 Å². The van der Waals surface area contributed by atoms with Crippen LogP contribution in [0.15, 0.2) is 48.5 Å². The number of alkyl halides is 3. The molecule has 0 spiro atoms. The summed E-state index contributed by atoms with van der Waals surface area (Å²) < 4.78 is 39.8. The fourth-order valence-corrected chi connectivity index (χ4v) is 3.04. The number of nitrogens with zero attached hydrogens (tertiary/aromatic N) is 2. The van der Waals surface area contributed by atoms with Crippen LogP contribution in [0.25, 0.3) is 0 Å². The van der Waals surface area contributed by atoms with Crippen LogP contribution in [0.5, 0.6) is 0 Å². The van der Waals surface area contributed by atoms with Gasteiger partial charge in [-0.1, -0.05) is 30.3 Å². The van der Waals surface area contributed by atoms with E-state index in [4.69, 9.17) is 5.73 Å². The lowest BCUT2D eigenvalue weighted by molar-refractivity contribution is -0.137. The summed E-state index contributed by atoms with van der Waals surface area (Å²) in [5.41, 5.74) is 6.45. The molecule has 0 amide bonds. The van der Waals surface area contributed by atoms with Crippen molar-refractivity contribution in [3.8, 4) is 0 Å². The van der Waals surface area contributed by atoms with Gasteiger partial charge in [0.1, 0.15) is 0 Å². The Morgan fingerprint density at radius 2 is 1.58 bits per heavy atom. The van der Waals surface area contributed by atoms with E-state index in [1.807, 2.05) is 18.2 Å². The van der Waals surface area contributed by atoms with Crippen LogP contribution in [0.1, 0.15) is 11.1 Å². The Morgan fingerprint density at radius 1 is 0.917 bits per heavy atom. The molecule has 2 aromatic carbocycles. The first kappa shape index (κ1) is 16.6. The summed E-state index contributed by atoms with van der Waals surface area (Å²) in [4.78, 5) is 4.06. The van der Waals surface area contributed by atoms with Crippen molar-refractivity contribution >= 4 is 11.4 Å². The highest BCUT2D eigenvalue weighted by molar-refractivity contribution is 5.61. The van der Waals surface area contributed by atoms with Crippen LogP contribution < -0.4 is 10.6 Å².